The van der Waals surface area contributed by atoms with E-state index in [2.05, 4.69) is 22.6 Å². The molecule has 0 amide bonds. The molecular weight excluding hydrogens is 356 g/mol. The molecule has 1 atom stereocenters. The van der Waals surface area contributed by atoms with Crippen LogP contribution in [0.1, 0.15) is 43.0 Å². The number of aromatic nitrogens is 2. The fourth-order valence-corrected chi connectivity index (χ4v) is 4.19. The standard InChI is InChI=1S/C21H20N4OS/c1-12(2)26-19-9-6-13(10-14(19)11-22)20-24-21(27-25-20)17-5-3-4-16-15(17)7-8-18(16)23/h3-6,9-10,12,18H,7-8,23H2,1-2H3/t18-/m0/s1. The van der Waals surface area contributed by atoms with Gasteiger partial charge in [0.2, 0.25) is 0 Å². The number of ether oxygens (including phenoxy) is 1. The van der Waals surface area contributed by atoms with Crippen molar-refractivity contribution in [2.24, 2.45) is 5.73 Å². The van der Waals surface area contributed by atoms with Crippen LogP contribution in [0, 0.1) is 11.3 Å². The van der Waals surface area contributed by atoms with Crippen molar-refractivity contribution < 1.29 is 4.74 Å². The first-order valence-corrected chi connectivity index (χ1v) is 9.76. The lowest BCUT2D eigenvalue weighted by atomic mass is 10.0. The highest BCUT2D eigenvalue weighted by atomic mass is 32.1. The molecule has 1 aliphatic rings. The second-order valence-corrected chi connectivity index (χ2v) is 7.68. The summed E-state index contributed by atoms with van der Waals surface area (Å²) in [4.78, 5) is 4.74. The van der Waals surface area contributed by atoms with Gasteiger partial charge in [-0.1, -0.05) is 18.2 Å². The number of rotatable bonds is 4. The monoisotopic (exact) mass is 376 g/mol. The molecule has 0 saturated heterocycles. The minimum absolute atomic E-state index is 0.0125. The number of hydrogen-bond donors (Lipinski definition) is 1. The van der Waals surface area contributed by atoms with Crippen molar-refractivity contribution in [3.63, 3.8) is 0 Å². The largest absolute Gasteiger partial charge is 0.490 e. The number of fused-ring (bicyclic) bond motifs is 1. The topological polar surface area (TPSA) is 84.8 Å². The van der Waals surface area contributed by atoms with Crippen molar-refractivity contribution >= 4 is 11.5 Å². The SMILES string of the molecule is CC(C)Oc1ccc(-c2nsc(-c3cccc4c3CC[C@@H]4N)n2)cc1C#N. The molecular formula is C21H20N4OS. The first kappa shape index (κ1) is 17.7. The molecule has 2 N–H and O–H groups in total. The van der Waals surface area contributed by atoms with Gasteiger partial charge in [-0.05, 0) is 67.5 Å². The molecule has 6 heteroatoms. The first-order chi connectivity index (χ1) is 13.1. The summed E-state index contributed by atoms with van der Waals surface area (Å²) in [5, 5.41) is 10.3. The van der Waals surface area contributed by atoms with E-state index < -0.39 is 0 Å². The third kappa shape index (κ3) is 3.32. The van der Waals surface area contributed by atoms with Crippen molar-refractivity contribution in [2.45, 2.75) is 38.8 Å². The van der Waals surface area contributed by atoms with Gasteiger partial charge in [-0.15, -0.1) is 0 Å². The van der Waals surface area contributed by atoms with Gasteiger partial charge < -0.3 is 10.5 Å². The van der Waals surface area contributed by atoms with Crippen LogP contribution in [0.5, 0.6) is 5.75 Å². The molecule has 3 aromatic rings. The maximum absolute atomic E-state index is 9.44. The Balaban J connectivity index is 1.69. The second kappa shape index (κ2) is 7.10. The average molecular weight is 376 g/mol. The number of benzene rings is 2. The summed E-state index contributed by atoms with van der Waals surface area (Å²) in [6.45, 7) is 3.88. The summed E-state index contributed by atoms with van der Waals surface area (Å²) in [6, 6.07) is 14.0. The molecule has 0 unspecified atom stereocenters. The van der Waals surface area contributed by atoms with E-state index in [4.69, 9.17) is 15.5 Å². The van der Waals surface area contributed by atoms with Crippen molar-refractivity contribution in [1.29, 1.82) is 5.26 Å². The Labute approximate surface area is 162 Å². The minimum Gasteiger partial charge on any atom is -0.490 e. The highest BCUT2D eigenvalue weighted by Gasteiger charge is 2.23. The summed E-state index contributed by atoms with van der Waals surface area (Å²) >= 11 is 1.38. The van der Waals surface area contributed by atoms with Crippen LogP contribution in [-0.2, 0) is 6.42 Å². The second-order valence-electron chi connectivity index (χ2n) is 6.93. The Hall–Kier alpha value is -2.75. The fraction of sp³-hybridized carbons (Fsp3) is 0.286. The highest BCUT2D eigenvalue weighted by molar-refractivity contribution is 7.09. The van der Waals surface area contributed by atoms with Crippen molar-refractivity contribution in [3.8, 4) is 33.8 Å². The van der Waals surface area contributed by atoms with Gasteiger partial charge >= 0.3 is 0 Å². The molecule has 0 spiro atoms. The minimum atomic E-state index is 0.0125. The van der Waals surface area contributed by atoms with Crippen molar-refractivity contribution in [2.75, 3.05) is 0 Å². The lowest BCUT2D eigenvalue weighted by molar-refractivity contribution is 0.242. The molecule has 2 aromatic carbocycles. The van der Waals surface area contributed by atoms with Crippen LogP contribution in [0.2, 0.25) is 0 Å². The predicted molar refractivity (Wildman–Crippen MR) is 107 cm³/mol. The summed E-state index contributed by atoms with van der Waals surface area (Å²) in [6.07, 6.45) is 1.96. The Kier molecular flexibility index (Phi) is 4.65. The third-order valence-electron chi connectivity index (χ3n) is 4.69. The summed E-state index contributed by atoms with van der Waals surface area (Å²) in [5.41, 5.74) is 11.1. The number of nitrogens with zero attached hydrogens (tertiary/aromatic N) is 3. The molecule has 0 radical (unpaired) electrons. The van der Waals surface area contributed by atoms with Crippen molar-refractivity contribution in [3.05, 3.63) is 53.1 Å². The van der Waals surface area contributed by atoms with Gasteiger partial charge in [-0.2, -0.15) is 9.64 Å². The van der Waals surface area contributed by atoms with E-state index in [1.54, 1.807) is 6.07 Å². The Morgan fingerprint density at radius 2 is 2.15 bits per heavy atom. The molecule has 136 valence electrons. The van der Waals surface area contributed by atoms with E-state index in [9.17, 15) is 5.26 Å². The van der Waals surface area contributed by atoms with Gasteiger partial charge in [0, 0.05) is 17.2 Å². The van der Waals surface area contributed by atoms with E-state index in [1.165, 1.54) is 22.7 Å². The van der Waals surface area contributed by atoms with E-state index in [-0.39, 0.29) is 12.1 Å². The maximum Gasteiger partial charge on any atom is 0.173 e. The van der Waals surface area contributed by atoms with Gasteiger partial charge in [-0.25, -0.2) is 4.98 Å². The van der Waals surface area contributed by atoms with Gasteiger partial charge in [-0.3, -0.25) is 0 Å². The maximum atomic E-state index is 9.44. The molecule has 0 fully saturated rings. The van der Waals surface area contributed by atoms with Crippen LogP contribution in [0.4, 0.5) is 0 Å². The number of hydrogen-bond acceptors (Lipinski definition) is 6. The Bertz CT molecular complexity index is 1030. The van der Waals surface area contributed by atoms with Gasteiger partial charge in [0.15, 0.2) is 5.82 Å². The van der Waals surface area contributed by atoms with E-state index in [0.717, 1.165) is 29.0 Å². The van der Waals surface area contributed by atoms with Crippen LogP contribution in [0.15, 0.2) is 36.4 Å². The number of nitrogens with two attached hydrogens (primary N) is 1. The Morgan fingerprint density at radius 1 is 1.30 bits per heavy atom. The smallest absolute Gasteiger partial charge is 0.173 e. The van der Waals surface area contributed by atoms with E-state index in [0.29, 0.717) is 17.1 Å². The van der Waals surface area contributed by atoms with Gasteiger partial charge in [0.1, 0.15) is 16.8 Å². The van der Waals surface area contributed by atoms with Crippen LogP contribution in [0.25, 0.3) is 22.0 Å². The predicted octanol–water partition coefficient (Wildman–Crippen LogP) is 4.48. The molecule has 1 heterocycles. The Morgan fingerprint density at radius 3 is 2.93 bits per heavy atom. The zero-order valence-corrected chi connectivity index (χ0v) is 16.1. The van der Waals surface area contributed by atoms with Crippen LogP contribution in [0.3, 0.4) is 0 Å². The van der Waals surface area contributed by atoms with Gasteiger partial charge in [0.05, 0.1) is 11.7 Å². The zero-order valence-electron chi connectivity index (χ0n) is 15.3. The summed E-state index contributed by atoms with van der Waals surface area (Å²) < 4.78 is 10.2. The van der Waals surface area contributed by atoms with Crippen LogP contribution < -0.4 is 10.5 Å². The zero-order chi connectivity index (χ0) is 19.0. The molecule has 0 aliphatic heterocycles. The van der Waals surface area contributed by atoms with Crippen LogP contribution in [-0.4, -0.2) is 15.5 Å². The fourth-order valence-electron chi connectivity index (χ4n) is 3.45. The molecule has 1 aliphatic carbocycles. The van der Waals surface area contributed by atoms with E-state index >= 15 is 0 Å². The lowest BCUT2D eigenvalue weighted by Gasteiger charge is -2.11. The quantitative estimate of drug-likeness (QED) is 0.726. The average Bonchev–Trinajstić information content (AvgIpc) is 3.29. The first-order valence-electron chi connectivity index (χ1n) is 8.99. The normalized spacial score (nSPS) is 15.6. The van der Waals surface area contributed by atoms with Crippen LogP contribution >= 0.6 is 11.5 Å². The highest BCUT2D eigenvalue weighted by Crippen LogP contribution is 2.38. The third-order valence-corrected chi connectivity index (χ3v) is 5.44. The molecule has 1 aromatic heterocycles. The molecule has 27 heavy (non-hydrogen) atoms. The van der Waals surface area contributed by atoms with Crippen molar-refractivity contribution in [1.82, 2.24) is 9.36 Å². The lowest BCUT2D eigenvalue weighted by Crippen LogP contribution is -2.06. The van der Waals surface area contributed by atoms with Gasteiger partial charge in [0.25, 0.3) is 0 Å². The molecule has 5 nitrogen and oxygen atoms in total. The molecule has 0 bridgehead atoms. The number of nitriles is 1. The molecule has 0 saturated carbocycles. The summed E-state index contributed by atoms with van der Waals surface area (Å²) in [7, 11) is 0. The van der Waals surface area contributed by atoms with E-state index in [1.807, 2.05) is 32.0 Å². The molecule has 4 rings (SSSR count). The summed E-state index contributed by atoms with van der Waals surface area (Å²) in [5.74, 6) is 1.21.